The average Bonchev–Trinajstić information content (AvgIpc) is 3.03. The third-order valence-electron chi connectivity index (χ3n) is 4.96. The molecule has 0 spiro atoms. The minimum Gasteiger partial charge on any atom is -0.316 e. The Morgan fingerprint density at radius 1 is 1.00 bits per heavy atom. The van der Waals surface area contributed by atoms with Crippen LogP contribution in [0.4, 0.5) is 0 Å². The normalized spacial score (nSPS) is 24.5. The van der Waals surface area contributed by atoms with Gasteiger partial charge in [0, 0.05) is 32.7 Å². The number of piperazine rings is 1. The van der Waals surface area contributed by atoms with E-state index in [-0.39, 0.29) is 0 Å². The number of nitrogens with one attached hydrogen (secondary N) is 1. The van der Waals surface area contributed by atoms with E-state index >= 15 is 0 Å². The summed E-state index contributed by atoms with van der Waals surface area (Å²) in [5.41, 5.74) is 1.44. The fraction of sp³-hybridized carbons (Fsp3) is 0.667. The van der Waals surface area contributed by atoms with Gasteiger partial charge in [0.05, 0.1) is 0 Å². The second-order valence-electron chi connectivity index (χ2n) is 6.60. The minimum absolute atomic E-state index is 0.948. The number of hydrogen-bond donors (Lipinski definition) is 1. The lowest BCUT2D eigenvalue weighted by molar-refractivity contribution is 0.124. The molecule has 0 aromatic heterocycles. The molecule has 1 unspecified atom stereocenters. The van der Waals surface area contributed by atoms with Crippen LogP contribution in [0.3, 0.4) is 0 Å². The van der Waals surface area contributed by atoms with E-state index < -0.39 is 0 Å². The van der Waals surface area contributed by atoms with E-state index in [2.05, 4.69) is 45.4 Å². The Labute approximate surface area is 129 Å². The summed E-state index contributed by atoms with van der Waals surface area (Å²) in [6.07, 6.45) is 4.19. The molecule has 0 aliphatic carbocycles. The van der Waals surface area contributed by atoms with Gasteiger partial charge in [-0.25, -0.2) is 0 Å². The fourth-order valence-corrected chi connectivity index (χ4v) is 3.58. The highest BCUT2D eigenvalue weighted by Gasteiger charge is 2.18. The smallest absolute Gasteiger partial charge is 0.0234 e. The Balaban J connectivity index is 1.31. The molecule has 2 saturated heterocycles. The van der Waals surface area contributed by atoms with E-state index in [1.165, 1.54) is 70.6 Å². The Bertz CT molecular complexity index is 392. The van der Waals surface area contributed by atoms with Gasteiger partial charge in [-0.2, -0.15) is 0 Å². The van der Waals surface area contributed by atoms with Crippen LogP contribution >= 0.6 is 0 Å². The molecular formula is C18H29N3. The Hall–Kier alpha value is -0.900. The van der Waals surface area contributed by atoms with Crippen molar-refractivity contribution in [3.8, 4) is 0 Å². The summed E-state index contributed by atoms with van der Waals surface area (Å²) in [4.78, 5) is 5.25. The Morgan fingerprint density at radius 3 is 2.48 bits per heavy atom. The molecule has 2 fully saturated rings. The Kier molecular flexibility index (Phi) is 5.67. The van der Waals surface area contributed by atoms with Crippen LogP contribution in [0.25, 0.3) is 0 Å². The van der Waals surface area contributed by atoms with Gasteiger partial charge in [0.2, 0.25) is 0 Å². The van der Waals surface area contributed by atoms with Gasteiger partial charge >= 0.3 is 0 Å². The lowest BCUT2D eigenvalue weighted by Gasteiger charge is -2.34. The van der Waals surface area contributed by atoms with Crippen LogP contribution in [0.5, 0.6) is 0 Å². The second kappa shape index (κ2) is 7.92. The zero-order chi connectivity index (χ0) is 14.3. The lowest BCUT2D eigenvalue weighted by atomic mass is 10.0. The summed E-state index contributed by atoms with van der Waals surface area (Å²) in [5, 5.41) is 3.47. The quantitative estimate of drug-likeness (QED) is 0.865. The van der Waals surface area contributed by atoms with Crippen molar-refractivity contribution in [2.45, 2.75) is 25.8 Å². The van der Waals surface area contributed by atoms with Crippen molar-refractivity contribution in [3.63, 3.8) is 0 Å². The summed E-state index contributed by atoms with van der Waals surface area (Å²) < 4.78 is 0. The first kappa shape index (κ1) is 15.0. The summed E-state index contributed by atoms with van der Waals surface area (Å²) in [7, 11) is 0. The maximum absolute atomic E-state index is 3.47. The van der Waals surface area contributed by atoms with Crippen LogP contribution in [0.1, 0.15) is 24.8 Å². The number of benzene rings is 1. The Morgan fingerprint density at radius 2 is 1.76 bits per heavy atom. The van der Waals surface area contributed by atoms with Crippen LogP contribution in [0.2, 0.25) is 0 Å². The summed E-state index contributed by atoms with van der Waals surface area (Å²) in [6, 6.07) is 10.9. The van der Waals surface area contributed by atoms with E-state index in [4.69, 9.17) is 0 Å². The number of nitrogens with zero attached hydrogens (tertiary/aromatic N) is 2. The van der Waals surface area contributed by atoms with Crippen LogP contribution < -0.4 is 5.32 Å². The van der Waals surface area contributed by atoms with Crippen molar-refractivity contribution in [2.75, 3.05) is 45.8 Å². The maximum Gasteiger partial charge on any atom is 0.0234 e. The van der Waals surface area contributed by atoms with Gasteiger partial charge in [0.1, 0.15) is 0 Å². The monoisotopic (exact) mass is 287 g/mol. The highest BCUT2D eigenvalue weighted by Crippen LogP contribution is 2.15. The van der Waals surface area contributed by atoms with Gasteiger partial charge in [-0.3, -0.25) is 4.90 Å². The number of rotatable bonds is 6. The molecule has 3 rings (SSSR count). The topological polar surface area (TPSA) is 18.5 Å². The fourth-order valence-electron chi connectivity index (χ4n) is 3.58. The van der Waals surface area contributed by atoms with E-state index in [9.17, 15) is 0 Å². The van der Waals surface area contributed by atoms with Crippen LogP contribution in [-0.4, -0.2) is 55.6 Å². The first-order valence-corrected chi connectivity index (χ1v) is 8.59. The average molecular weight is 287 g/mol. The molecule has 0 bridgehead atoms. The largest absolute Gasteiger partial charge is 0.316 e. The molecule has 116 valence electrons. The van der Waals surface area contributed by atoms with Gasteiger partial charge < -0.3 is 10.2 Å². The predicted molar refractivity (Wildman–Crippen MR) is 88.4 cm³/mol. The van der Waals surface area contributed by atoms with Crippen molar-refractivity contribution in [2.24, 2.45) is 5.92 Å². The highest BCUT2D eigenvalue weighted by atomic mass is 15.3. The molecule has 2 heterocycles. The first-order chi connectivity index (χ1) is 10.4. The highest BCUT2D eigenvalue weighted by molar-refractivity contribution is 5.14. The molecule has 1 aromatic rings. The maximum atomic E-state index is 3.47. The summed E-state index contributed by atoms with van der Waals surface area (Å²) >= 11 is 0. The van der Waals surface area contributed by atoms with Crippen LogP contribution in [0, 0.1) is 5.92 Å². The molecular weight excluding hydrogens is 258 g/mol. The van der Waals surface area contributed by atoms with Gasteiger partial charge in [-0.15, -0.1) is 0 Å². The molecule has 0 amide bonds. The molecule has 3 heteroatoms. The standard InChI is InChI=1S/C18H29N3/c1-2-5-18(6-3-1)16-21-13-11-20(12-14-21)10-4-7-17-8-9-19-15-17/h1-3,5-6,17,19H,4,7-16H2. The molecule has 1 aromatic carbocycles. The van der Waals surface area contributed by atoms with Crippen molar-refractivity contribution < 1.29 is 0 Å². The molecule has 1 N–H and O–H groups in total. The molecule has 1 atom stereocenters. The predicted octanol–water partition coefficient (Wildman–Crippen LogP) is 2.19. The third-order valence-corrected chi connectivity index (χ3v) is 4.96. The molecule has 3 nitrogen and oxygen atoms in total. The van der Waals surface area contributed by atoms with Crippen molar-refractivity contribution in [3.05, 3.63) is 35.9 Å². The van der Waals surface area contributed by atoms with Gasteiger partial charge in [-0.1, -0.05) is 30.3 Å². The SMILES string of the molecule is c1ccc(CN2CCN(CCCC3CCNC3)CC2)cc1. The van der Waals surface area contributed by atoms with Crippen molar-refractivity contribution in [1.29, 1.82) is 0 Å². The van der Waals surface area contributed by atoms with E-state index in [1.807, 2.05) is 0 Å². The van der Waals surface area contributed by atoms with E-state index in [0.29, 0.717) is 0 Å². The van der Waals surface area contributed by atoms with E-state index in [1.54, 1.807) is 0 Å². The lowest BCUT2D eigenvalue weighted by Crippen LogP contribution is -2.46. The first-order valence-electron chi connectivity index (χ1n) is 8.59. The number of hydrogen-bond acceptors (Lipinski definition) is 3. The molecule has 0 radical (unpaired) electrons. The molecule has 21 heavy (non-hydrogen) atoms. The van der Waals surface area contributed by atoms with Crippen molar-refractivity contribution in [1.82, 2.24) is 15.1 Å². The van der Waals surface area contributed by atoms with Gasteiger partial charge in [0.15, 0.2) is 0 Å². The van der Waals surface area contributed by atoms with Crippen molar-refractivity contribution >= 4 is 0 Å². The molecule has 0 saturated carbocycles. The van der Waals surface area contributed by atoms with Gasteiger partial charge in [-0.05, 0) is 50.4 Å². The summed E-state index contributed by atoms with van der Waals surface area (Å²) in [5.74, 6) is 0.948. The van der Waals surface area contributed by atoms with Gasteiger partial charge in [0.25, 0.3) is 0 Å². The minimum atomic E-state index is 0.948. The third kappa shape index (κ3) is 4.80. The second-order valence-corrected chi connectivity index (χ2v) is 6.60. The van der Waals surface area contributed by atoms with Crippen LogP contribution in [0.15, 0.2) is 30.3 Å². The van der Waals surface area contributed by atoms with Crippen LogP contribution in [-0.2, 0) is 6.54 Å². The molecule has 2 aliphatic heterocycles. The zero-order valence-corrected chi connectivity index (χ0v) is 13.1. The van der Waals surface area contributed by atoms with E-state index in [0.717, 1.165) is 12.5 Å². The zero-order valence-electron chi connectivity index (χ0n) is 13.1. The summed E-state index contributed by atoms with van der Waals surface area (Å²) in [6.45, 7) is 9.84. The molecule has 2 aliphatic rings.